The van der Waals surface area contributed by atoms with Crippen LogP contribution in [0.2, 0.25) is 0 Å². The lowest BCUT2D eigenvalue weighted by atomic mass is 10.1. The van der Waals surface area contributed by atoms with Gasteiger partial charge >= 0.3 is 0 Å². The first-order valence-corrected chi connectivity index (χ1v) is 5.02. The summed E-state index contributed by atoms with van der Waals surface area (Å²) in [6, 6.07) is 0.402. The maximum absolute atomic E-state index is 5.67. The van der Waals surface area contributed by atoms with Crippen molar-refractivity contribution in [3.8, 4) is 0 Å². The Hall–Kier alpha value is -0.0800. The van der Waals surface area contributed by atoms with E-state index in [1.165, 1.54) is 0 Å². The van der Waals surface area contributed by atoms with E-state index in [4.69, 9.17) is 4.74 Å². The number of nitrogens with one attached hydrogen (secondary N) is 1. The van der Waals surface area contributed by atoms with E-state index in [9.17, 15) is 0 Å². The third kappa shape index (κ3) is 9.84. The summed E-state index contributed by atoms with van der Waals surface area (Å²) >= 11 is 0. The summed E-state index contributed by atoms with van der Waals surface area (Å²) in [6.45, 7) is 15.7. The van der Waals surface area contributed by atoms with Crippen LogP contribution in [0.1, 0.15) is 48.5 Å². The average Bonchev–Trinajstić information content (AvgIpc) is 1.78. The Morgan fingerprint density at radius 2 is 1.54 bits per heavy atom. The van der Waals surface area contributed by atoms with Crippen molar-refractivity contribution >= 4 is 0 Å². The van der Waals surface area contributed by atoms with Gasteiger partial charge in [-0.3, -0.25) is 0 Å². The third-order valence-corrected chi connectivity index (χ3v) is 1.45. The summed E-state index contributed by atoms with van der Waals surface area (Å²) in [5.41, 5.74) is 0.133. The fourth-order valence-electron chi connectivity index (χ4n) is 1.16. The molecule has 2 heteroatoms. The fraction of sp³-hybridized carbons (Fsp3) is 1.00. The summed E-state index contributed by atoms with van der Waals surface area (Å²) in [6.07, 6.45) is 0. The van der Waals surface area contributed by atoms with E-state index in [1.807, 2.05) is 0 Å². The van der Waals surface area contributed by atoms with Gasteiger partial charge in [0.2, 0.25) is 0 Å². The maximum atomic E-state index is 5.67. The first kappa shape index (κ1) is 12.9. The lowest BCUT2D eigenvalue weighted by molar-refractivity contribution is -0.0149. The molecule has 0 aliphatic rings. The first-order valence-electron chi connectivity index (χ1n) is 5.02. The van der Waals surface area contributed by atoms with Crippen LogP contribution in [-0.2, 0) is 4.74 Å². The van der Waals surface area contributed by atoms with Crippen LogP contribution in [0.25, 0.3) is 0 Å². The van der Waals surface area contributed by atoms with Crippen molar-refractivity contribution in [3.05, 3.63) is 0 Å². The van der Waals surface area contributed by atoms with Crippen molar-refractivity contribution in [2.24, 2.45) is 0 Å². The van der Waals surface area contributed by atoms with Crippen LogP contribution in [0.4, 0.5) is 0 Å². The molecular formula is C11H25NO. The number of ether oxygens (including phenoxy) is 1. The Balaban J connectivity index is 3.70. The van der Waals surface area contributed by atoms with Crippen LogP contribution < -0.4 is 5.32 Å². The fourth-order valence-corrected chi connectivity index (χ4v) is 1.16. The largest absolute Gasteiger partial charge is 0.374 e. The van der Waals surface area contributed by atoms with Gasteiger partial charge in [0, 0.05) is 11.6 Å². The zero-order valence-electron chi connectivity index (χ0n) is 10.2. The molecule has 0 saturated heterocycles. The highest BCUT2D eigenvalue weighted by Gasteiger charge is 2.16. The van der Waals surface area contributed by atoms with Crippen molar-refractivity contribution in [2.45, 2.75) is 65.6 Å². The molecule has 1 atom stereocenters. The quantitative estimate of drug-likeness (QED) is 0.733. The molecule has 0 heterocycles. The zero-order valence-corrected chi connectivity index (χ0v) is 10.2. The minimum atomic E-state index is -0.0339. The van der Waals surface area contributed by atoms with Gasteiger partial charge in [-0.2, -0.15) is 0 Å². The summed E-state index contributed by atoms with van der Waals surface area (Å²) in [5.74, 6) is 0. The van der Waals surface area contributed by atoms with Crippen LogP contribution in [0.3, 0.4) is 0 Å². The molecule has 0 amide bonds. The van der Waals surface area contributed by atoms with Crippen molar-refractivity contribution in [1.29, 1.82) is 0 Å². The molecule has 0 fully saturated rings. The lowest BCUT2D eigenvalue weighted by Crippen LogP contribution is -2.45. The normalized spacial score (nSPS) is 15.9. The van der Waals surface area contributed by atoms with Gasteiger partial charge < -0.3 is 10.1 Å². The molecule has 13 heavy (non-hydrogen) atoms. The van der Waals surface area contributed by atoms with E-state index >= 15 is 0 Å². The summed E-state index contributed by atoms with van der Waals surface area (Å²) in [7, 11) is 0. The smallest absolute Gasteiger partial charge is 0.0624 e. The van der Waals surface area contributed by atoms with Gasteiger partial charge in [0.1, 0.15) is 0 Å². The number of hydrogen-bond acceptors (Lipinski definition) is 2. The van der Waals surface area contributed by atoms with Crippen LogP contribution >= 0.6 is 0 Å². The maximum Gasteiger partial charge on any atom is 0.0624 e. The molecule has 0 radical (unpaired) electrons. The first-order chi connectivity index (χ1) is 5.60. The van der Waals surface area contributed by atoms with Crippen LogP contribution in [0.15, 0.2) is 0 Å². The summed E-state index contributed by atoms with van der Waals surface area (Å²) < 4.78 is 5.67. The van der Waals surface area contributed by atoms with E-state index in [1.54, 1.807) is 0 Å². The van der Waals surface area contributed by atoms with Gasteiger partial charge in [-0.1, -0.05) is 0 Å². The molecule has 1 N–H and O–H groups in total. The van der Waals surface area contributed by atoms with Crippen molar-refractivity contribution < 1.29 is 4.74 Å². The zero-order chi connectivity index (χ0) is 10.7. The molecule has 0 saturated carbocycles. The van der Waals surface area contributed by atoms with Crippen LogP contribution in [0, 0.1) is 0 Å². The predicted octanol–water partition coefficient (Wildman–Crippen LogP) is 2.58. The highest BCUT2D eigenvalue weighted by atomic mass is 16.5. The van der Waals surface area contributed by atoms with Crippen LogP contribution in [-0.4, -0.2) is 23.8 Å². The minimum Gasteiger partial charge on any atom is -0.374 e. The van der Waals surface area contributed by atoms with E-state index in [0.717, 1.165) is 6.61 Å². The topological polar surface area (TPSA) is 21.3 Å². The van der Waals surface area contributed by atoms with Gasteiger partial charge in [0.25, 0.3) is 0 Å². The van der Waals surface area contributed by atoms with Gasteiger partial charge in [-0.05, 0) is 48.5 Å². The average molecular weight is 187 g/mol. The van der Waals surface area contributed by atoms with E-state index in [2.05, 4.69) is 53.8 Å². The molecule has 0 bridgehead atoms. The summed E-state index contributed by atoms with van der Waals surface area (Å²) in [4.78, 5) is 0. The van der Waals surface area contributed by atoms with Gasteiger partial charge in [0.15, 0.2) is 0 Å². The Morgan fingerprint density at radius 3 is 1.85 bits per heavy atom. The highest BCUT2D eigenvalue weighted by Crippen LogP contribution is 2.08. The molecule has 80 valence electrons. The molecule has 2 nitrogen and oxygen atoms in total. The van der Waals surface area contributed by atoms with E-state index < -0.39 is 0 Å². The standard InChI is InChI=1S/C11H25NO/c1-9(12-10(2,3)4)8-13-11(5,6)7/h9,12H,8H2,1-7H3/t9-/m0/s1. The molecule has 0 aromatic heterocycles. The second kappa shape index (κ2) is 4.43. The van der Waals surface area contributed by atoms with E-state index in [-0.39, 0.29) is 11.1 Å². The Kier molecular flexibility index (Phi) is 4.40. The van der Waals surface area contributed by atoms with Crippen molar-refractivity contribution in [1.82, 2.24) is 5.32 Å². The molecule has 0 aromatic rings. The van der Waals surface area contributed by atoms with Crippen molar-refractivity contribution in [3.63, 3.8) is 0 Å². The predicted molar refractivity (Wildman–Crippen MR) is 58.1 cm³/mol. The summed E-state index contributed by atoms with van der Waals surface area (Å²) in [5, 5.41) is 3.47. The molecule has 0 aliphatic carbocycles. The molecule has 0 rings (SSSR count). The molecule has 0 aliphatic heterocycles. The second-order valence-corrected chi connectivity index (χ2v) is 5.72. The van der Waals surface area contributed by atoms with Crippen molar-refractivity contribution in [2.75, 3.05) is 6.61 Å². The highest BCUT2D eigenvalue weighted by molar-refractivity contribution is 4.75. The Bertz CT molecular complexity index is 141. The van der Waals surface area contributed by atoms with Gasteiger partial charge in [-0.25, -0.2) is 0 Å². The Labute approximate surface area is 83.1 Å². The lowest BCUT2D eigenvalue weighted by Gasteiger charge is -2.28. The van der Waals surface area contributed by atoms with Gasteiger partial charge in [0.05, 0.1) is 12.2 Å². The number of rotatable bonds is 3. The second-order valence-electron chi connectivity index (χ2n) is 5.72. The Morgan fingerprint density at radius 1 is 1.08 bits per heavy atom. The minimum absolute atomic E-state index is 0.0339. The van der Waals surface area contributed by atoms with Crippen LogP contribution in [0.5, 0.6) is 0 Å². The SMILES string of the molecule is C[C@@H](COC(C)(C)C)NC(C)(C)C. The monoisotopic (exact) mass is 187 g/mol. The molecule has 0 spiro atoms. The third-order valence-electron chi connectivity index (χ3n) is 1.45. The van der Waals surface area contributed by atoms with E-state index in [0.29, 0.717) is 6.04 Å². The van der Waals surface area contributed by atoms with Gasteiger partial charge in [-0.15, -0.1) is 0 Å². The molecule has 0 unspecified atom stereocenters. The molecular weight excluding hydrogens is 162 g/mol. The molecule has 0 aromatic carbocycles. The number of hydrogen-bond donors (Lipinski definition) is 1.